The van der Waals surface area contributed by atoms with Crippen LogP contribution in [-0.2, 0) is 13.0 Å². The van der Waals surface area contributed by atoms with Crippen molar-refractivity contribution in [2.75, 3.05) is 5.32 Å². The van der Waals surface area contributed by atoms with Crippen LogP contribution in [0.1, 0.15) is 36.7 Å². The summed E-state index contributed by atoms with van der Waals surface area (Å²) in [6, 6.07) is 15.6. The molecule has 1 atom stereocenters. The van der Waals surface area contributed by atoms with E-state index >= 15 is 0 Å². The molecule has 0 spiro atoms. The molecule has 4 rings (SSSR count). The lowest BCUT2D eigenvalue weighted by Gasteiger charge is -2.13. The summed E-state index contributed by atoms with van der Waals surface area (Å²) < 4.78 is 1.93. The van der Waals surface area contributed by atoms with Gasteiger partial charge < -0.3 is 10.3 Å². The summed E-state index contributed by atoms with van der Waals surface area (Å²) in [4.78, 5) is 23.5. The number of hydrogen-bond acceptors (Lipinski definition) is 5. The van der Waals surface area contributed by atoms with Crippen molar-refractivity contribution in [3.8, 4) is 11.4 Å². The third-order valence-electron chi connectivity index (χ3n) is 4.90. The molecule has 0 saturated heterocycles. The molecule has 3 aromatic heterocycles. The summed E-state index contributed by atoms with van der Waals surface area (Å²) >= 11 is 0. The number of anilines is 1. The Morgan fingerprint density at radius 3 is 2.70 bits per heavy atom. The zero-order valence-corrected chi connectivity index (χ0v) is 17.0. The number of rotatable bonds is 7. The molecule has 7 nitrogen and oxygen atoms in total. The molecule has 152 valence electrons. The normalized spacial score (nSPS) is 11.9. The topological polar surface area (TPSA) is 88.5 Å². The minimum Gasteiger partial charge on any atom is -0.363 e. The van der Waals surface area contributed by atoms with Crippen molar-refractivity contribution in [2.24, 2.45) is 0 Å². The third-order valence-corrected chi connectivity index (χ3v) is 4.90. The van der Waals surface area contributed by atoms with Gasteiger partial charge in [-0.3, -0.25) is 9.48 Å². The second kappa shape index (κ2) is 8.73. The van der Waals surface area contributed by atoms with Crippen molar-refractivity contribution in [1.29, 1.82) is 0 Å². The average molecular weight is 400 g/mol. The number of aromatic nitrogens is 5. The van der Waals surface area contributed by atoms with E-state index in [1.165, 1.54) is 11.6 Å². The van der Waals surface area contributed by atoms with Gasteiger partial charge in [0.05, 0.1) is 18.8 Å². The minimum atomic E-state index is -0.153. The van der Waals surface area contributed by atoms with Gasteiger partial charge in [0.2, 0.25) is 0 Å². The highest BCUT2D eigenvalue weighted by atomic mass is 16.1. The molecule has 0 aliphatic carbocycles. The first kappa shape index (κ1) is 19.6. The maximum Gasteiger partial charge on any atom is 0.251 e. The highest BCUT2D eigenvalue weighted by Crippen LogP contribution is 2.20. The Balaban J connectivity index is 1.43. The van der Waals surface area contributed by atoms with E-state index in [-0.39, 0.29) is 11.6 Å². The lowest BCUT2D eigenvalue weighted by molar-refractivity contribution is 0.685. The van der Waals surface area contributed by atoms with Crippen molar-refractivity contribution >= 4 is 5.82 Å². The number of hydrogen-bond donors (Lipinski definition) is 2. The lowest BCUT2D eigenvalue weighted by atomic mass is 10.2. The smallest absolute Gasteiger partial charge is 0.251 e. The zero-order valence-electron chi connectivity index (χ0n) is 17.0. The Labute approximate surface area is 174 Å². The van der Waals surface area contributed by atoms with Crippen LogP contribution >= 0.6 is 0 Å². The van der Waals surface area contributed by atoms with Crippen LogP contribution < -0.4 is 10.9 Å². The quantitative estimate of drug-likeness (QED) is 0.492. The van der Waals surface area contributed by atoms with Crippen LogP contribution in [0.4, 0.5) is 5.82 Å². The monoisotopic (exact) mass is 400 g/mol. The standard InChI is InChI=1S/C23H24N6O/c1-3-20-11-22(30)28-23(27-20)18-9-10-21(24-12-18)26-16(2)19-13-25-29(15-19)14-17-7-5-4-6-8-17/h4-13,15-16H,3,14H2,1-2H3,(H,24,26)(H,27,28,30). The molecular weight excluding hydrogens is 376 g/mol. The summed E-state index contributed by atoms with van der Waals surface area (Å²) in [6.07, 6.45) is 6.34. The van der Waals surface area contributed by atoms with Gasteiger partial charge in [0.15, 0.2) is 0 Å². The van der Waals surface area contributed by atoms with Crippen molar-refractivity contribution in [3.05, 3.63) is 94.3 Å². The van der Waals surface area contributed by atoms with Gasteiger partial charge in [0.25, 0.3) is 5.56 Å². The Bertz CT molecular complexity index is 1160. The first-order valence-electron chi connectivity index (χ1n) is 10.00. The van der Waals surface area contributed by atoms with Crippen molar-refractivity contribution < 1.29 is 0 Å². The molecular formula is C23H24N6O. The maximum atomic E-state index is 11.8. The van der Waals surface area contributed by atoms with E-state index in [1.807, 2.05) is 54.3 Å². The molecule has 4 aromatic rings. The Morgan fingerprint density at radius 2 is 1.97 bits per heavy atom. The molecule has 7 heteroatoms. The van der Waals surface area contributed by atoms with Crippen molar-refractivity contribution in [2.45, 2.75) is 32.9 Å². The minimum absolute atomic E-state index is 0.0502. The SMILES string of the molecule is CCc1cc(=O)[nH]c(-c2ccc(NC(C)c3cnn(Cc4ccccc4)c3)nc2)n1. The summed E-state index contributed by atoms with van der Waals surface area (Å²) in [5, 5.41) is 7.86. The molecule has 0 bridgehead atoms. The number of benzene rings is 1. The van der Waals surface area contributed by atoms with Crippen LogP contribution in [0, 0.1) is 0 Å². The molecule has 30 heavy (non-hydrogen) atoms. The fraction of sp³-hybridized carbons (Fsp3) is 0.217. The molecule has 0 radical (unpaired) electrons. The fourth-order valence-corrected chi connectivity index (χ4v) is 3.21. The molecule has 0 fully saturated rings. The van der Waals surface area contributed by atoms with Crippen LogP contribution in [0.3, 0.4) is 0 Å². The second-order valence-electron chi connectivity index (χ2n) is 7.19. The van der Waals surface area contributed by atoms with E-state index in [1.54, 1.807) is 6.20 Å². The molecule has 1 unspecified atom stereocenters. The summed E-state index contributed by atoms with van der Waals surface area (Å²) in [5.74, 6) is 1.28. The highest BCUT2D eigenvalue weighted by molar-refractivity contribution is 5.56. The number of H-pyrrole nitrogens is 1. The second-order valence-corrected chi connectivity index (χ2v) is 7.19. The van der Waals surface area contributed by atoms with Gasteiger partial charge in [-0.1, -0.05) is 37.3 Å². The van der Waals surface area contributed by atoms with E-state index in [0.717, 1.165) is 29.2 Å². The van der Waals surface area contributed by atoms with Crippen molar-refractivity contribution in [3.63, 3.8) is 0 Å². The van der Waals surface area contributed by atoms with E-state index in [4.69, 9.17) is 0 Å². The van der Waals surface area contributed by atoms with E-state index in [0.29, 0.717) is 12.2 Å². The number of pyridine rings is 1. The van der Waals surface area contributed by atoms with Crippen LogP contribution in [0.25, 0.3) is 11.4 Å². The molecule has 2 N–H and O–H groups in total. The average Bonchev–Trinajstić information content (AvgIpc) is 3.23. The van der Waals surface area contributed by atoms with Gasteiger partial charge in [0.1, 0.15) is 11.6 Å². The van der Waals surface area contributed by atoms with E-state index in [2.05, 4.69) is 44.4 Å². The molecule has 0 amide bonds. The van der Waals surface area contributed by atoms with Crippen LogP contribution in [0.5, 0.6) is 0 Å². The Kier molecular flexibility index (Phi) is 5.70. The Hall–Kier alpha value is -3.74. The summed E-state index contributed by atoms with van der Waals surface area (Å²) in [7, 11) is 0. The van der Waals surface area contributed by atoms with E-state index in [9.17, 15) is 4.79 Å². The molecule has 1 aromatic carbocycles. The largest absolute Gasteiger partial charge is 0.363 e. The van der Waals surface area contributed by atoms with Gasteiger partial charge in [0, 0.05) is 35.3 Å². The van der Waals surface area contributed by atoms with Gasteiger partial charge in [-0.05, 0) is 31.0 Å². The first-order valence-corrected chi connectivity index (χ1v) is 10.00. The van der Waals surface area contributed by atoms with E-state index < -0.39 is 0 Å². The predicted octanol–water partition coefficient (Wildman–Crippen LogP) is 3.81. The van der Waals surface area contributed by atoms with Crippen LogP contribution in [0.2, 0.25) is 0 Å². The van der Waals surface area contributed by atoms with Crippen molar-refractivity contribution in [1.82, 2.24) is 24.7 Å². The van der Waals surface area contributed by atoms with Crippen LogP contribution in [0.15, 0.2) is 71.9 Å². The number of nitrogens with zero attached hydrogens (tertiary/aromatic N) is 4. The van der Waals surface area contributed by atoms with Gasteiger partial charge in [-0.2, -0.15) is 5.10 Å². The molecule has 0 saturated carbocycles. The van der Waals surface area contributed by atoms with Gasteiger partial charge in [-0.25, -0.2) is 9.97 Å². The maximum absolute atomic E-state index is 11.8. The fourth-order valence-electron chi connectivity index (χ4n) is 3.21. The Morgan fingerprint density at radius 1 is 1.13 bits per heavy atom. The molecule has 0 aliphatic rings. The third kappa shape index (κ3) is 4.63. The number of nitrogens with one attached hydrogen (secondary N) is 2. The molecule has 0 aliphatic heterocycles. The predicted molar refractivity (Wildman–Crippen MR) is 117 cm³/mol. The molecule has 3 heterocycles. The van der Waals surface area contributed by atoms with Gasteiger partial charge in [-0.15, -0.1) is 0 Å². The van der Waals surface area contributed by atoms with Crippen LogP contribution in [-0.4, -0.2) is 24.7 Å². The first-order chi connectivity index (χ1) is 14.6. The number of aromatic amines is 1. The lowest BCUT2D eigenvalue weighted by Crippen LogP contribution is -2.10. The highest BCUT2D eigenvalue weighted by Gasteiger charge is 2.10. The zero-order chi connectivity index (χ0) is 20.9. The summed E-state index contributed by atoms with van der Waals surface area (Å²) in [6.45, 7) is 4.78. The number of aryl methyl sites for hydroxylation is 1. The summed E-state index contributed by atoms with van der Waals surface area (Å²) in [5.41, 5.74) is 3.68. The van der Waals surface area contributed by atoms with Gasteiger partial charge >= 0.3 is 0 Å².